The van der Waals surface area contributed by atoms with E-state index in [0.717, 1.165) is 40.5 Å². The van der Waals surface area contributed by atoms with Gasteiger partial charge in [0.1, 0.15) is 23.0 Å². The Labute approximate surface area is 236 Å². The van der Waals surface area contributed by atoms with Crippen LogP contribution >= 0.6 is 0 Å². The summed E-state index contributed by atoms with van der Waals surface area (Å²) in [4.78, 5) is 25.5. The molecule has 0 aliphatic carbocycles. The Hall–Kier alpha value is -5.10. The van der Waals surface area contributed by atoms with Crippen LogP contribution in [0, 0.1) is 0 Å². The fourth-order valence-electron chi connectivity index (χ4n) is 5.20. The Morgan fingerprint density at radius 2 is 1.22 bits per heavy atom. The molecule has 0 unspecified atom stereocenters. The summed E-state index contributed by atoms with van der Waals surface area (Å²) in [5, 5.41) is 12.0. The van der Waals surface area contributed by atoms with Crippen molar-refractivity contribution in [1.82, 2.24) is 0 Å². The lowest BCUT2D eigenvalue weighted by molar-refractivity contribution is 0.322. The summed E-state index contributed by atoms with van der Waals surface area (Å²) in [5.41, 5.74) is 2.92. The summed E-state index contributed by atoms with van der Waals surface area (Å²) < 4.78 is 17.4. The molecule has 6 rings (SSSR count). The van der Waals surface area contributed by atoms with Crippen molar-refractivity contribution in [2.75, 3.05) is 6.61 Å². The van der Waals surface area contributed by atoms with Gasteiger partial charge in [-0.1, -0.05) is 74.0 Å². The first-order valence-electron chi connectivity index (χ1n) is 13.6. The quantitative estimate of drug-likeness (QED) is 0.213. The van der Waals surface area contributed by atoms with E-state index in [2.05, 4.69) is 13.0 Å². The van der Waals surface area contributed by atoms with E-state index in [1.807, 2.05) is 60.7 Å². The van der Waals surface area contributed by atoms with Gasteiger partial charge in [-0.2, -0.15) is 0 Å². The number of fused-ring (bicyclic) bond motifs is 2. The standard InChI is InChI=1S/C35H28O6/c1-2-7-22-8-3-5-10-28(22)32-19-25-13-15-27(21-31(25)35(38)41-32)39-17-16-23-9-4-6-11-29(23)33-18-24-12-14-26(36)20-30(24)34(37)40-33/h3-6,8-15,18-21,36H,2,7,16-17H2,1H3. The fourth-order valence-corrected chi connectivity index (χ4v) is 5.20. The Morgan fingerprint density at radius 3 is 1.85 bits per heavy atom. The van der Waals surface area contributed by atoms with Crippen molar-refractivity contribution in [3.8, 4) is 34.1 Å². The third-order valence-corrected chi connectivity index (χ3v) is 7.21. The lowest BCUT2D eigenvalue weighted by Gasteiger charge is -2.12. The fraction of sp³-hybridized carbons (Fsp3) is 0.143. The molecule has 41 heavy (non-hydrogen) atoms. The second kappa shape index (κ2) is 11.2. The maximum atomic E-state index is 13.0. The molecule has 6 aromatic rings. The van der Waals surface area contributed by atoms with Gasteiger partial charge in [-0.05, 0) is 64.7 Å². The van der Waals surface area contributed by atoms with Gasteiger partial charge in [-0.3, -0.25) is 0 Å². The van der Waals surface area contributed by atoms with E-state index < -0.39 is 11.3 Å². The summed E-state index contributed by atoms with van der Waals surface area (Å²) in [6.07, 6.45) is 2.46. The highest BCUT2D eigenvalue weighted by Gasteiger charge is 2.13. The van der Waals surface area contributed by atoms with Crippen LogP contribution in [0.15, 0.2) is 115 Å². The van der Waals surface area contributed by atoms with Gasteiger partial charge in [0.05, 0.1) is 17.4 Å². The number of benzene rings is 4. The maximum Gasteiger partial charge on any atom is 0.344 e. The molecule has 0 saturated heterocycles. The lowest BCUT2D eigenvalue weighted by atomic mass is 10.00. The van der Waals surface area contributed by atoms with Crippen molar-refractivity contribution in [1.29, 1.82) is 0 Å². The minimum Gasteiger partial charge on any atom is -0.508 e. The Balaban J connectivity index is 1.22. The number of aryl methyl sites for hydroxylation is 1. The Morgan fingerprint density at radius 1 is 0.659 bits per heavy atom. The number of ether oxygens (including phenoxy) is 1. The summed E-state index contributed by atoms with van der Waals surface area (Å²) in [7, 11) is 0. The molecule has 0 bridgehead atoms. The van der Waals surface area contributed by atoms with Crippen LogP contribution in [-0.4, -0.2) is 11.7 Å². The topological polar surface area (TPSA) is 89.9 Å². The molecule has 4 aromatic carbocycles. The highest BCUT2D eigenvalue weighted by molar-refractivity contribution is 5.86. The lowest BCUT2D eigenvalue weighted by Crippen LogP contribution is -2.05. The zero-order valence-electron chi connectivity index (χ0n) is 22.6. The van der Waals surface area contributed by atoms with Crippen molar-refractivity contribution in [2.45, 2.75) is 26.2 Å². The third kappa shape index (κ3) is 5.37. The summed E-state index contributed by atoms with van der Waals surface area (Å²) in [6.45, 7) is 2.48. The van der Waals surface area contributed by atoms with Gasteiger partial charge in [0.15, 0.2) is 0 Å². The van der Waals surface area contributed by atoms with E-state index in [-0.39, 0.29) is 5.75 Å². The minimum atomic E-state index is -0.508. The first kappa shape index (κ1) is 26.1. The first-order valence-corrected chi connectivity index (χ1v) is 13.6. The van der Waals surface area contributed by atoms with Gasteiger partial charge in [0.2, 0.25) is 0 Å². The Kier molecular flexibility index (Phi) is 7.13. The molecule has 2 heterocycles. The van der Waals surface area contributed by atoms with E-state index in [1.165, 1.54) is 6.07 Å². The van der Waals surface area contributed by atoms with E-state index in [9.17, 15) is 14.7 Å². The summed E-state index contributed by atoms with van der Waals surface area (Å²) in [6, 6.07) is 29.5. The van der Waals surface area contributed by atoms with Crippen LogP contribution in [0.2, 0.25) is 0 Å². The highest BCUT2D eigenvalue weighted by Crippen LogP contribution is 2.29. The van der Waals surface area contributed by atoms with Crippen LogP contribution in [-0.2, 0) is 12.8 Å². The van der Waals surface area contributed by atoms with Crippen LogP contribution in [0.5, 0.6) is 11.5 Å². The molecule has 204 valence electrons. The number of aromatic hydroxyl groups is 1. The second-order valence-corrected chi connectivity index (χ2v) is 9.98. The van der Waals surface area contributed by atoms with Crippen molar-refractivity contribution in [3.63, 3.8) is 0 Å². The smallest absolute Gasteiger partial charge is 0.344 e. The molecule has 0 spiro atoms. The van der Waals surface area contributed by atoms with E-state index >= 15 is 0 Å². The van der Waals surface area contributed by atoms with Crippen LogP contribution in [0.4, 0.5) is 0 Å². The molecular formula is C35H28O6. The number of phenolic OH excluding ortho intramolecular Hbond substituents is 1. The zero-order chi connectivity index (χ0) is 28.3. The first-order chi connectivity index (χ1) is 20.0. The van der Waals surface area contributed by atoms with Gasteiger partial charge in [-0.25, -0.2) is 9.59 Å². The predicted octanol–water partition coefficient (Wildman–Crippen LogP) is 7.51. The molecule has 6 nitrogen and oxygen atoms in total. The van der Waals surface area contributed by atoms with Crippen molar-refractivity contribution < 1.29 is 18.7 Å². The maximum absolute atomic E-state index is 13.0. The predicted molar refractivity (Wildman–Crippen MR) is 161 cm³/mol. The Bertz CT molecular complexity index is 2000. The van der Waals surface area contributed by atoms with E-state index in [0.29, 0.717) is 46.5 Å². The van der Waals surface area contributed by atoms with Gasteiger partial charge in [0, 0.05) is 17.5 Å². The van der Waals surface area contributed by atoms with Crippen molar-refractivity contribution in [2.24, 2.45) is 0 Å². The van der Waals surface area contributed by atoms with Crippen molar-refractivity contribution >= 4 is 21.5 Å². The van der Waals surface area contributed by atoms with E-state index in [1.54, 1.807) is 24.3 Å². The molecule has 0 radical (unpaired) electrons. The normalized spacial score (nSPS) is 11.2. The van der Waals surface area contributed by atoms with Gasteiger partial charge in [-0.15, -0.1) is 0 Å². The average Bonchev–Trinajstić information content (AvgIpc) is 2.98. The minimum absolute atomic E-state index is 0.0132. The van der Waals surface area contributed by atoms with Gasteiger partial charge in [0.25, 0.3) is 0 Å². The average molecular weight is 545 g/mol. The summed E-state index contributed by atoms with van der Waals surface area (Å²) in [5.74, 6) is 1.59. The highest BCUT2D eigenvalue weighted by atomic mass is 16.5. The molecule has 0 aliphatic rings. The van der Waals surface area contributed by atoms with Crippen LogP contribution < -0.4 is 16.0 Å². The third-order valence-electron chi connectivity index (χ3n) is 7.21. The molecule has 0 aliphatic heterocycles. The zero-order valence-corrected chi connectivity index (χ0v) is 22.6. The molecule has 2 aromatic heterocycles. The number of phenols is 1. The van der Waals surface area contributed by atoms with E-state index in [4.69, 9.17) is 13.6 Å². The number of hydrogen-bond acceptors (Lipinski definition) is 6. The molecule has 0 atom stereocenters. The van der Waals surface area contributed by atoms with Crippen LogP contribution in [0.1, 0.15) is 24.5 Å². The largest absolute Gasteiger partial charge is 0.508 e. The molecule has 0 saturated carbocycles. The SMILES string of the molecule is CCCc1ccccc1-c1cc2ccc(OCCc3ccccc3-c3cc4ccc(O)cc4c(=O)o3)cc2c(=O)o1. The second-order valence-electron chi connectivity index (χ2n) is 9.98. The molecule has 1 N–H and O–H groups in total. The van der Waals surface area contributed by atoms with Crippen LogP contribution in [0.3, 0.4) is 0 Å². The van der Waals surface area contributed by atoms with Crippen molar-refractivity contribution in [3.05, 3.63) is 129 Å². The van der Waals surface area contributed by atoms with Crippen LogP contribution in [0.25, 0.3) is 44.2 Å². The molecule has 0 fully saturated rings. The van der Waals surface area contributed by atoms with Gasteiger partial charge < -0.3 is 18.7 Å². The molecular weight excluding hydrogens is 516 g/mol. The molecule has 6 heteroatoms. The summed E-state index contributed by atoms with van der Waals surface area (Å²) >= 11 is 0. The van der Waals surface area contributed by atoms with Gasteiger partial charge >= 0.3 is 11.3 Å². The molecule has 0 amide bonds. The number of hydrogen-bond donors (Lipinski definition) is 1. The monoisotopic (exact) mass is 544 g/mol. The number of rotatable bonds is 8.